The number of urea groups is 1. The number of ether oxygens (including phenoxy) is 1. The normalized spacial score (nSPS) is 27.3. The summed E-state index contributed by atoms with van der Waals surface area (Å²) in [4.78, 5) is 38.7. The Bertz CT molecular complexity index is 907. The van der Waals surface area contributed by atoms with Gasteiger partial charge in [0.25, 0.3) is 5.91 Å². The van der Waals surface area contributed by atoms with Crippen LogP contribution in [0, 0.1) is 5.92 Å². The number of aromatic carboxylic acids is 1. The predicted molar refractivity (Wildman–Crippen MR) is 112 cm³/mol. The Kier molecular flexibility index (Phi) is 6.40. The van der Waals surface area contributed by atoms with Crippen LogP contribution in [0.1, 0.15) is 41.6 Å². The molecule has 2 fully saturated rings. The van der Waals surface area contributed by atoms with Crippen molar-refractivity contribution in [3.8, 4) is 11.5 Å². The van der Waals surface area contributed by atoms with E-state index >= 15 is 0 Å². The van der Waals surface area contributed by atoms with Gasteiger partial charge in [-0.25, -0.2) is 9.59 Å². The van der Waals surface area contributed by atoms with Gasteiger partial charge in [0.15, 0.2) is 0 Å². The molecule has 0 bridgehead atoms. The number of amides is 3. The second kappa shape index (κ2) is 8.56. The van der Waals surface area contributed by atoms with Crippen molar-refractivity contribution >= 4 is 37.4 Å². The number of imide groups is 1. The number of hydrogen-bond donors (Lipinski definition) is 4. The van der Waals surface area contributed by atoms with Crippen LogP contribution in [0.2, 0.25) is 0 Å². The Morgan fingerprint density at radius 2 is 2.06 bits per heavy atom. The van der Waals surface area contributed by atoms with Crippen LogP contribution < -0.4 is 20.4 Å². The van der Waals surface area contributed by atoms with Gasteiger partial charge in [-0.2, -0.15) is 0 Å². The van der Waals surface area contributed by atoms with Crippen molar-refractivity contribution in [3.63, 3.8) is 0 Å². The summed E-state index contributed by atoms with van der Waals surface area (Å²) in [6.07, 6.45) is 2.55. The van der Waals surface area contributed by atoms with E-state index in [0.29, 0.717) is 30.9 Å². The maximum Gasteiger partial charge on any atom is 0.547 e. The first-order valence-electron chi connectivity index (χ1n) is 9.95. The van der Waals surface area contributed by atoms with Crippen molar-refractivity contribution in [1.82, 2.24) is 10.2 Å². The van der Waals surface area contributed by atoms with E-state index in [4.69, 9.17) is 15.1 Å². The summed E-state index contributed by atoms with van der Waals surface area (Å²) in [6.45, 7) is 0.545. The van der Waals surface area contributed by atoms with Gasteiger partial charge in [0.2, 0.25) is 0 Å². The fourth-order valence-electron chi connectivity index (χ4n) is 4.71. The first-order chi connectivity index (χ1) is 14.3. The lowest BCUT2D eigenvalue weighted by Crippen LogP contribution is -2.57. The van der Waals surface area contributed by atoms with E-state index in [9.17, 15) is 24.5 Å². The lowest BCUT2D eigenvalue weighted by atomic mass is 9.70. The van der Waals surface area contributed by atoms with Crippen molar-refractivity contribution in [3.05, 3.63) is 23.3 Å². The molecule has 1 aromatic carbocycles. The largest absolute Gasteiger partial charge is 0.547 e. The average molecular weight is 454 g/mol. The topological polar surface area (TPSA) is 151 Å². The van der Waals surface area contributed by atoms with Gasteiger partial charge in [0.05, 0.1) is 13.1 Å². The Morgan fingerprint density at radius 3 is 2.65 bits per heavy atom. The number of nitrogens with one attached hydrogen (secondary N) is 1. The number of carboxylic acids is 1. The number of nitrogens with zero attached hydrogens (tertiary/aromatic N) is 1. The molecule has 5 N–H and O–H groups in total. The zero-order chi connectivity index (χ0) is 21.6. The maximum atomic E-state index is 13.3. The van der Waals surface area contributed by atoms with E-state index in [2.05, 4.69) is 5.32 Å². The summed E-state index contributed by atoms with van der Waals surface area (Å²) in [5, 5.41) is 23.0. The summed E-state index contributed by atoms with van der Waals surface area (Å²) < 4.78 is 10.6. The van der Waals surface area contributed by atoms with Crippen LogP contribution in [-0.2, 0) is 11.2 Å². The first-order valence-corrected chi connectivity index (χ1v) is 9.95. The number of halogens is 1. The molecule has 10 nitrogen and oxygen atoms in total. The molecule has 4 rings (SSSR count). The smallest absolute Gasteiger partial charge is 0.534 e. The number of carboxylic acid groups (broad SMARTS) is 1. The molecule has 1 spiro atoms. The van der Waals surface area contributed by atoms with Gasteiger partial charge in [-0.05, 0) is 56.2 Å². The molecule has 0 aromatic heterocycles. The highest BCUT2D eigenvalue weighted by atomic mass is 35.5. The molecule has 1 aliphatic carbocycles. The number of rotatable bonds is 4. The number of benzene rings is 1. The number of nitrogens with two attached hydrogens (primary N) is 1. The number of carbonyl (C=O) groups is 3. The number of methoxy groups -OCH3 is 1. The van der Waals surface area contributed by atoms with Crippen molar-refractivity contribution in [2.45, 2.75) is 43.6 Å². The summed E-state index contributed by atoms with van der Waals surface area (Å²) in [6, 6.07) is 2.52. The van der Waals surface area contributed by atoms with Crippen molar-refractivity contribution in [1.29, 1.82) is 0 Å². The molecular weight excluding hydrogens is 428 g/mol. The van der Waals surface area contributed by atoms with Crippen LogP contribution in [0.15, 0.2) is 12.1 Å². The van der Waals surface area contributed by atoms with Gasteiger partial charge < -0.3 is 30.6 Å². The highest BCUT2D eigenvalue weighted by molar-refractivity contribution is 6.47. The van der Waals surface area contributed by atoms with Crippen LogP contribution in [-0.4, -0.2) is 65.2 Å². The van der Waals surface area contributed by atoms with Gasteiger partial charge in [-0.15, -0.1) is 12.4 Å². The highest BCUT2D eigenvalue weighted by Gasteiger charge is 2.57. The van der Waals surface area contributed by atoms with E-state index in [1.807, 2.05) is 0 Å². The second-order valence-corrected chi connectivity index (χ2v) is 8.08. The SMILES string of the molecule is COc1ccc2c(c1C(=O)O)OB(O)[C@@H](N1C(=O)NC3(CCC(CN)CC3)C1=O)C2.Cl. The molecule has 1 aromatic rings. The second-order valence-electron chi connectivity index (χ2n) is 8.08. The van der Waals surface area contributed by atoms with Crippen molar-refractivity contribution in [2.75, 3.05) is 13.7 Å². The third-order valence-electron chi connectivity index (χ3n) is 6.45. The quantitative estimate of drug-likeness (QED) is 0.382. The van der Waals surface area contributed by atoms with Crippen LogP contribution >= 0.6 is 12.4 Å². The van der Waals surface area contributed by atoms with Gasteiger partial charge in [0.1, 0.15) is 22.6 Å². The van der Waals surface area contributed by atoms with E-state index in [0.717, 1.165) is 17.7 Å². The lowest BCUT2D eigenvalue weighted by molar-refractivity contribution is -0.133. The number of hydrogen-bond acceptors (Lipinski definition) is 7. The molecule has 12 heteroatoms. The van der Waals surface area contributed by atoms with Crippen LogP contribution in [0.3, 0.4) is 0 Å². The van der Waals surface area contributed by atoms with Crippen LogP contribution in [0.5, 0.6) is 11.5 Å². The molecule has 1 atom stereocenters. The summed E-state index contributed by atoms with van der Waals surface area (Å²) in [5.74, 6) is -2.21. The summed E-state index contributed by atoms with van der Waals surface area (Å²) in [5.41, 5.74) is 5.02. The van der Waals surface area contributed by atoms with E-state index in [-0.39, 0.29) is 41.8 Å². The monoisotopic (exact) mass is 453 g/mol. The molecule has 0 unspecified atom stereocenters. The molecule has 3 aliphatic rings. The molecular formula is C19H25BClN3O7. The Morgan fingerprint density at radius 1 is 1.39 bits per heavy atom. The third-order valence-corrected chi connectivity index (χ3v) is 6.45. The molecule has 31 heavy (non-hydrogen) atoms. The van der Waals surface area contributed by atoms with Crippen LogP contribution in [0.4, 0.5) is 4.79 Å². The van der Waals surface area contributed by atoms with E-state index in [1.165, 1.54) is 13.2 Å². The molecule has 0 radical (unpaired) electrons. The minimum atomic E-state index is -1.56. The van der Waals surface area contributed by atoms with Gasteiger partial charge >= 0.3 is 19.1 Å². The molecule has 168 valence electrons. The maximum absolute atomic E-state index is 13.3. The van der Waals surface area contributed by atoms with Crippen molar-refractivity contribution < 1.29 is 33.9 Å². The molecule has 1 saturated carbocycles. The van der Waals surface area contributed by atoms with Crippen LogP contribution in [0.25, 0.3) is 0 Å². The van der Waals surface area contributed by atoms with Gasteiger partial charge in [0, 0.05) is 0 Å². The van der Waals surface area contributed by atoms with Crippen molar-refractivity contribution in [2.24, 2.45) is 11.7 Å². The average Bonchev–Trinajstić information content (AvgIpc) is 2.96. The number of fused-ring (bicyclic) bond motifs is 1. The summed E-state index contributed by atoms with van der Waals surface area (Å²) in [7, 11) is -0.226. The Hall–Kier alpha value is -2.50. The highest BCUT2D eigenvalue weighted by Crippen LogP contribution is 2.40. The lowest BCUT2D eigenvalue weighted by Gasteiger charge is -2.36. The third kappa shape index (κ3) is 3.70. The zero-order valence-corrected chi connectivity index (χ0v) is 17.8. The fraction of sp³-hybridized carbons (Fsp3) is 0.526. The Labute approximate surface area is 185 Å². The number of carbonyl (C=O) groups excluding carboxylic acids is 2. The van der Waals surface area contributed by atoms with Gasteiger partial charge in [-0.3, -0.25) is 9.69 Å². The molecule has 2 aliphatic heterocycles. The standard InChI is InChI=1S/C19H24BN3O7.ClH/c1-29-12-3-2-11-8-13(20(28)30-15(11)14(12)16(24)25)23-17(26)19(22-18(23)27)6-4-10(9-21)5-7-19;/h2-3,10,13,28H,4-9,21H2,1H3,(H,22,27)(H,24,25);1H/t10?,13-,19?;/m0./s1. The Balaban J connectivity index is 0.00000272. The fourth-order valence-corrected chi connectivity index (χ4v) is 4.71. The van der Waals surface area contributed by atoms with Gasteiger partial charge in [-0.1, -0.05) is 6.07 Å². The molecule has 2 heterocycles. The van der Waals surface area contributed by atoms with E-state index in [1.54, 1.807) is 6.07 Å². The predicted octanol–water partition coefficient (Wildman–Crippen LogP) is 0.578. The first kappa shape index (κ1) is 23.2. The molecule has 1 saturated heterocycles. The molecule has 3 amide bonds. The minimum Gasteiger partial charge on any atom is -0.534 e. The van der Waals surface area contributed by atoms with E-state index < -0.39 is 30.6 Å². The minimum absolute atomic E-state index is 0. The zero-order valence-electron chi connectivity index (χ0n) is 17.0. The summed E-state index contributed by atoms with van der Waals surface area (Å²) >= 11 is 0.